The Morgan fingerprint density at radius 1 is 1.42 bits per heavy atom. The van der Waals surface area contributed by atoms with Gasteiger partial charge in [-0.3, -0.25) is 4.79 Å². The van der Waals surface area contributed by atoms with E-state index in [4.69, 9.17) is 0 Å². The van der Waals surface area contributed by atoms with Crippen LogP contribution in [0.2, 0.25) is 0 Å². The molecule has 6 heteroatoms. The molecule has 0 fully saturated rings. The Hall–Kier alpha value is -1.82. The van der Waals surface area contributed by atoms with Gasteiger partial charge in [0.05, 0.1) is 11.4 Å². The van der Waals surface area contributed by atoms with Gasteiger partial charge < -0.3 is 5.32 Å². The molecule has 0 unspecified atom stereocenters. The second kappa shape index (κ2) is 5.88. The van der Waals surface area contributed by atoms with Crippen molar-refractivity contribution in [2.45, 2.75) is 31.0 Å². The summed E-state index contributed by atoms with van der Waals surface area (Å²) in [5, 5.41) is 13.6. The quantitative estimate of drug-likeness (QED) is 0.842. The Bertz CT molecular complexity index is 568. The molecule has 2 rings (SSSR count). The molecule has 19 heavy (non-hydrogen) atoms. The number of aromatic amines is 1. The number of hydrogen-bond donors (Lipinski definition) is 2. The lowest BCUT2D eigenvalue weighted by atomic mass is 10.1. The van der Waals surface area contributed by atoms with Crippen LogP contribution in [0.3, 0.4) is 0 Å². The molecule has 0 saturated heterocycles. The Morgan fingerprint density at radius 3 is 2.89 bits per heavy atom. The molecule has 0 saturated carbocycles. The number of rotatable bonds is 4. The maximum Gasteiger partial charge on any atom is 0.237 e. The molecule has 1 aromatic heterocycles. The molecule has 1 aromatic carbocycles. The monoisotopic (exact) mass is 276 g/mol. The predicted octanol–water partition coefficient (Wildman–Crippen LogP) is 2.54. The Labute approximate surface area is 116 Å². The lowest BCUT2D eigenvalue weighted by molar-refractivity contribution is -0.115. The summed E-state index contributed by atoms with van der Waals surface area (Å²) in [5.74, 6) is -0.0401. The number of amides is 1. The van der Waals surface area contributed by atoms with E-state index in [2.05, 4.69) is 20.7 Å². The zero-order chi connectivity index (χ0) is 13.8. The molecule has 2 N–H and O–H groups in total. The molecule has 1 heterocycles. The summed E-state index contributed by atoms with van der Waals surface area (Å²) in [6, 6.07) is 6.00. The van der Waals surface area contributed by atoms with Crippen molar-refractivity contribution < 1.29 is 4.79 Å². The summed E-state index contributed by atoms with van der Waals surface area (Å²) >= 11 is 1.37. The van der Waals surface area contributed by atoms with Crippen molar-refractivity contribution in [2.75, 3.05) is 5.32 Å². The number of thioether (sulfide) groups is 1. The van der Waals surface area contributed by atoms with Gasteiger partial charge in [-0.1, -0.05) is 23.9 Å². The fourth-order valence-corrected chi connectivity index (χ4v) is 2.32. The van der Waals surface area contributed by atoms with Crippen LogP contribution in [0, 0.1) is 13.8 Å². The average Bonchev–Trinajstić information content (AvgIpc) is 2.86. The lowest BCUT2D eigenvalue weighted by Gasteiger charge is -2.13. The average molecular weight is 276 g/mol. The molecule has 1 atom stereocenters. The van der Waals surface area contributed by atoms with E-state index >= 15 is 0 Å². The molecule has 0 aliphatic rings. The van der Waals surface area contributed by atoms with Crippen LogP contribution < -0.4 is 5.32 Å². The number of benzene rings is 1. The number of hydrogen-bond acceptors (Lipinski definition) is 4. The van der Waals surface area contributed by atoms with Crippen molar-refractivity contribution in [3.8, 4) is 0 Å². The summed E-state index contributed by atoms with van der Waals surface area (Å²) in [6.45, 7) is 5.83. The number of anilines is 1. The molecule has 100 valence electrons. The van der Waals surface area contributed by atoms with E-state index < -0.39 is 0 Å². The number of aromatic nitrogens is 3. The topological polar surface area (TPSA) is 70.7 Å². The van der Waals surface area contributed by atoms with Gasteiger partial charge >= 0.3 is 0 Å². The van der Waals surface area contributed by atoms with Gasteiger partial charge in [-0.05, 0) is 38.0 Å². The standard InChI is InChI=1S/C13H16N4OS/c1-8-4-5-9(2)11(6-8)15-13(18)10(3)19-12-7-14-17-16-12/h4-7,10H,1-3H3,(H,15,18)(H,14,16,17)/t10-/m1/s1. The van der Waals surface area contributed by atoms with Gasteiger partial charge in [-0.15, -0.1) is 5.10 Å². The first kappa shape index (κ1) is 13.6. The highest BCUT2D eigenvalue weighted by atomic mass is 32.2. The van der Waals surface area contributed by atoms with E-state index in [0.29, 0.717) is 5.03 Å². The first-order valence-electron chi connectivity index (χ1n) is 5.97. The van der Waals surface area contributed by atoms with Crippen LogP contribution in [0.15, 0.2) is 29.4 Å². The van der Waals surface area contributed by atoms with Crippen molar-refractivity contribution in [3.05, 3.63) is 35.5 Å². The molecule has 0 aliphatic heterocycles. The number of aryl methyl sites for hydroxylation is 2. The van der Waals surface area contributed by atoms with Crippen molar-refractivity contribution in [2.24, 2.45) is 0 Å². The third kappa shape index (κ3) is 3.57. The van der Waals surface area contributed by atoms with Gasteiger partial charge in [0, 0.05) is 5.69 Å². The lowest BCUT2D eigenvalue weighted by Crippen LogP contribution is -2.22. The van der Waals surface area contributed by atoms with Crippen molar-refractivity contribution in [1.82, 2.24) is 15.4 Å². The van der Waals surface area contributed by atoms with Gasteiger partial charge in [-0.2, -0.15) is 10.3 Å². The van der Waals surface area contributed by atoms with Gasteiger partial charge in [0.25, 0.3) is 0 Å². The molecule has 0 aliphatic carbocycles. The van der Waals surface area contributed by atoms with Crippen LogP contribution in [0.25, 0.3) is 0 Å². The van der Waals surface area contributed by atoms with E-state index in [0.717, 1.165) is 16.8 Å². The first-order chi connectivity index (χ1) is 9.06. The minimum absolute atomic E-state index is 0.0401. The summed E-state index contributed by atoms with van der Waals surface area (Å²) in [4.78, 5) is 12.1. The Kier molecular flexibility index (Phi) is 4.21. The highest BCUT2D eigenvalue weighted by Crippen LogP contribution is 2.22. The van der Waals surface area contributed by atoms with Gasteiger partial charge in [0.15, 0.2) is 0 Å². The molecule has 0 radical (unpaired) electrons. The van der Waals surface area contributed by atoms with E-state index in [1.54, 1.807) is 6.20 Å². The number of carbonyl (C=O) groups is 1. The molecule has 0 spiro atoms. The summed E-state index contributed by atoms with van der Waals surface area (Å²) in [7, 11) is 0. The van der Waals surface area contributed by atoms with Gasteiger partial charge in [0.1, 0.15) is 5.03 Å². The van der Waals surface area contributed by atoms with Gasteiger partial charge in [-0.25, -0.2) is 0 Å². The highest BCUT2D eigenvalue weighted by Gasteiger charge is 2.16. The summed E-state index contributed by atoms with van der Waals surface area (Å²) < 4.78 is 0. The van der Waals surface area contributed by atoms with Crippen molar-refractivity contribution >= 4 is 23.4 Å². The van der Waals surface area contributed by atoms with Crippen LogP contribution in [-0.2, 0) is 4.79 Å². The van der Waals surface area contributed by atoms with Crippen molar-refractivity contribution in [3.63, 3.8) is 0 Å². The maximum absolute atomic E-state index is 12.1. The van der Waals surface area contributed by atoms with Crippen LogP contribution in [0.1, 0.15) is 18.1 Å². The Balaban J connectivity index is 2.02. The number of carbonyl (C=O) groups excluding carboxylic acids is 1. The van der Waals surface area contributed by atoms with Crippen LogP contribution in [-0.4, -0.2) is 26.6 Å². The third-order valence-corrected chi connectivity index (χ3v) is 3.72. The normalized spacial score (nSPS) is 12.2. The number of nitrogens with one attached hydrogen (secondary N) is 2. The van der Waals surface area contributed by atoms with E-state index in [1.165, 1.54) is 11.8 Å². The largest absolute Gasteiger partial charge is 0.325 e. The van der Waals surface area contributed by atoms with Crippen molar-refractivity contribution in [1.29, 1.82) is 0 Å². The van der Waals surface area contributed by atoms with Crippen LogP contribution in [0.5, 0.6) is 0 Å². The molecular weight excluding hydrogens is 260 g/mol. The van der Waals surface area contributed by atoms with E-state index in [-0.39, 0.29) is 11.2 Å². The van der Waals surface area contributed by atoms with E-state index in [1.807, 2.05) is 39.0 Å². The molecule has 1 amide bonds. The SMILES string of the molecule is Cc1ccc(C)c(NC(=O)[C@@H](C)Sc2cn[nH]n2)c1. The number of nitrogens with zero attached hydrogens (tertiary/aromatic N) is 2. The number of H-pyrrole nitrogens is 1. The van der Waals surface area contributed by atoms with E-state index in [9.17, 15) is 4.79 Å². The fourth-order valence-electron chi connectivity index (χ4n) is 1.59. The molecule has 2 aromatic rings. The minimum atomic E-state index is -0.231. The molecule has 5 nitrogen and oxygen atoms in total. The Morgan fingerprint density at radius 2 is 2.21 bits per heavy atom. The zero-order valence-electron chi connectivity index (χ0n) is 11.1. The minimum Gasteiger partial charge on any atom is -0.325 e. The fraction of sp³-hybridized carbons (Fsp3) is 0.308. The molecular formula is C13H16N4OS. The third-order valence-electron chi connectivity index (χ3n) is 2.71. The second-order valence-electron chi connectivity index (χ2n) is 4.38. The smallest absolute Gasteiger partial charge is 0.237 e. The summed E-state index contributed by atoms with van der Waals surface area (Å²) in [5.41, 5.74) is 3.04. The second-order valence-corrected chi connectivity index (χ2v) is 5.74. The highest BCUT2D eigenvalue weighted by molar-refractivity contribution is 8.00. The van der Waals surface area contributed by atoms with Crippen LogP contribution >= 0.6 is 11.8 Å². The maximum atomic E-state index is 12.1. The zero-order valence-corrected chi connectivity index (χ0v) is 11.9. The van der Waals surface area contributed by atoms with Crippen LogP contribution in [0.4, 0.5) is 5.69 Å². The predicted molar refractivity (Wildman–Crippen MR) is 76.2 cm³/mol. The molecule has 0 bridgehead atoms. The summed E-state index contributed by atoms with van der Waals surface area (Å²) in [6.07, 6.45) is 1.60. The first-order valence-corrected chi connectivity index (χ1v) is 6.85. The van der Waals surface area contributed by atoms with Gasteiger partial charge in [0.2, 0.25) is 5.91 Å².